The Morgan fingerprint density at radius 3 is 2.19 bits per heavy atom. The monoisotopic (exact) mass is 374 g/mol. The standard InChI is InChI=1S/C19H26N4O4/c1-15(24)21-8-10-22(11-9-21)17-3-2-16(14-20-17)18(25)23-6-4-19(5-7-23)26-12-13-27-19/h2-3,14H,4-13H2,1H3. The number of hydrogen-bond donors (Lipinski definition) is 0. The van der Waals surface area contributed by atoms with Gasteiger partial charge in [-0.2, -0.15) is 0 Å². The molecule has 4 rings (SSSR count). The van der Waals surface area contributed by atoms with Gasteiger partial charge in [-0.05, 0) is 12.1 Å². The van der Waals surface area contributed by atoms with Gasteiger partial charge < -0.3 is 24.2 Å². The Balaban J connectivity index is 1.34. The normalized spacial score (nSPS) is 22.3. The number of hydrogen-bond acceptors (Lipinski definition) is 6. The predicted molar refractivity (Wildman–Crippen MR) is 98.5 cm³/mol. The molecule has 3 saturated heterocycles. The van der Waals surface area contributed by atoms with Crippen molar-refractivity contribution in [3.05, 3.63) is 23.9 Å². The number of pyridine rings is 1. The van der Waals surface area contributed by atoms with Crippen LogP contribution in [0.5, 0.6) is 0 Å². The molecule has 0 aromatic carbocycles. The second kappa shape index (κ2) is 7.44. The van der Waals surface area contributed by atoms with Gasteiger partial charge in [0.2, 0.25) is 5.91 Å². The Kier molecular flexibility index (Phi) is 5.01. The van der Waals surface area contributed by atoms with E-state index >= 15 is 0 Å². The highest BCUT2D eigenvalue weighted by Crippen LogP contribution is 2.31. The van der Waals surface area contributed by atoms with Crippen molar-refractivity contribution in [1.82, 2.24) is 14.8 Å². The van der Waals surface area contributed by atoms with Gasteiger partial charge in [-0.3, -0.25) is 9.59 Å². The number of piperazine rings is 1. The molecule has 0 bridgehead atoms. The summed E-state index contributed by atoms with van der Waals surface area (Å²) in [6.45, 7) is 7.07. The van der Waals surface area contributed by atoms with Crippen molar-refractivity contribution < 1.29 is 19.1 Å². The van der Waals surface area contributed by atoms with Crippen LogP contribution in [0.3, 0.4) is 0 Å². The topological polar surface area (TPSA) is 75.2 Å². The fraction of sp³-hybridized carbons (Fsp3) is 0.632. The summed E-state index contributed by atoms with van der Waals surface area (Å²) in [5.41, 5.74) is 0.602. The summed E-state index contributed by atoms with van der Waals surface area (Å²) in [6.07, 6.45) is 3.08. The van der Waals surface area contributed by atoms with Crippen molar-refractivity contribution in [1.29, 1.82) is 0 Å². The van der Waals surface area contributed by atoms with E-state index in [2.05, 4.69) is 9.88 Å². The van der Waals surface area contributed by atoms with Crippen LogP contribution < -0.4 is 4.90 Å². The molecule has 0 N–H and O–H groups in total. The molecule has 0 aliphatic carbocycles. The molecular formula is C19H26N4O4. The summed E-state index contributed by atoms with van der Waals surface area (Å²) in [5, 5.41) is 0. The third-order valence-electron chi connectivity index (χ3n) is 5.67. The Bertz CT molecular complexity index is 684. The maximum Gasteiger partial charge on any atom is 0.255 e. The number of ether oxygens (including phenoxy) is 2. The van der Waals surface area contributed by atoms with Gasteiger partial charge in [0, 0.05) is 65.2 Å². The highest BCUT2D eigenvalue weighted by atomic mass is 16.7. The molecule has 27 heavy (non-hydrogen) atoms. The molecule has 0 saturated carbocycles. The van der Waals surface area contributed by atoms with Crippen LogP contribution in [0.4, 0.5) is 5.82 Å². The van der Waals surface area contributed by atoms with Crippen LogP contribution in [0.15, 0.2) is 18.3 Å². The number of aromatic nitrogens is 1. The molecule has 4 heterocycles. The zero-order chi connectivity index (χ0) is 18.9. The Labute approximate surface area is 159 Å². The number of nitrogens with zero attached hydrogens (tertiary/aromatic N) is 4. The van der Waals surface area contributed by atoms with Crippen molar-refractivity contribution in [3.63, 3.8) is 0 Å². The minimum absolute atomic E-state index is 0.00305. The highest BCUT2D eigenvalue weighted by Gasteiger charge is 2.40. The van der Waals surface area contributed by atoms with Crippen molar-refractivity contribution in [2.24, 2.45) is 0 Å². The lowest BCUT2D eigenvalue weighted by molar-refractivity contribution is -0.181. The van der Waals surface area contributed by atoms with Crippen molar-refractivity contribution in [3.8, 4) is 0 Å². The fourth-order valence-corrected chi connectivity index (χ4v) is 3.97. The first-order valence-corrected chi connectivity index (χ1v) is 9.60. The Morgan fingerprint density at radius 2 is 1.63 bits per heavy atom. The number of carbonyl (C=O) groups is 2. The molecule has 0 unspecified atom stereocenters. The molecular weight excluding hydrogens is 348 g/mol. The zero-order valence-corrected chi connectivity index (χ0v) is 15.7. The van der Waals surface area contributed by atoms with Gasteiger partial charge in [-0.1, -0.05) is 0 Å². The minimum Gasteiger partial charge on any atom is -0.353 e. The lowest BCUT2D eigenvalue weighted by Crippen LogP contribution is -2.48. The lowest BCUT2D eigenvalue weighted by Gasteiger charge is -2.37. The van der Waals surface area contributed by atoms with Crippen LogP contribution >= 0.6 is 0 Å². The number of rotatable bonds is 2. The van der Waals surface area contributed by atoms with Gasteiger partial charge in [0.25, 0.3) is 5.91 Å². The molecule has 2 amide bonds. The molecule has 1 spiro atoms. The first-order chi connectivity index (χ1) is 13.1. The summed E-state index contributed by atoms with van der Waals surface area (Å²) < 4.78 is 11.4. The molecule has 146 valence electrons. The van der Waals surface area contributed by atoms with Crippen LogP contribution in [0.25, 0.3) is 0 Å². The molecule has 1 aromatic heterocycles. The third-order valence-corrected chi connectivity index (χ3v) is 5.67. The summed E-state index contributed by atoms with van der Waals surface area (Å²) in [4.78, 5) is 34.5. The molecule has 0 radical (unpaired) electrons. The van der Waals surface area contributed by atoms with Crippen LogP contribution in [0, 0.1) is 0 Å². The van der Waals surface area contributed by atoms with Crippen LogP contribution in [-0.4, -0.2) is 84.9 Å². The Morgan fingerprint density at radius 1 is 0.963 bits per heavy atom. The van der Waals surface area contributed by atoms with Crippen LogP contribution in [0.2, 0.25) is 0 Å². The smallest absolute Gasteiger partial charge is 0.255 e. The Hall–Kier alpha value is -2.19. The highest BCUT2D eigenvalue weighted by molar-refractivity contribution is 5.94. The van der Waals surface area contributed by atoms with E-state index in [0.717, 1.165) is 18.9 Å². The third kappa shape index (κ3) is 3.77. The van der Waals surface area contributed by atoms with E-state index in [1.807, 2.05) is 21.9 Å². The van der Waals surface area contributed by atoms with Crippen LogP contribution in [-0.2, 0) is 14.3 Å². The van der Waals surface area contributed by atoms with E-state index < -0.39 is 5.79 Å². The largest absolute Gasteiger partial charge is 0.353 e. The van der Waals surface area contributed by atoms with Crippen molar-refractivity contribution >= 4 is 17.6 Å². The van der Waals surface area contributed by atoms with E-state index in [1.165, 1.54) is 0 Å². The molecule has 0 atom stereocenters. The van der Waals surface area contributed by atoms with E-state index in [9.17, 15) is 9.59 Å². The van der Waals surface area contributed by atoms with E-state index in [1.54, 1.807) is 13.1 Å². The van der Waals surface area contributed by atoms with Gasteiger partial charge in [-0.25, -0.2) is 4.98 Å². The van der Waals surface area contributed by atoms with Gasteiger partial charge >= 0.3 is 0 Å². The summed E-state index contributed by atoms with van der Waals surface area (Å²) >= 11 is 0. The fourth-order valence-electron chi connectivity index (χ4n) is 3.97. The number of likely N-dealkylation sites (tertiary alicyclic amines) is 1. The van der Waals surface area contributed by atoms with Gasteiger partial charge in [0.1, 0.15) is 5.82 Å². The summed E-state index contributed by atoms with van der Waals surface area (Å²) in [6, 6.07) is 3.74. The molecule has 8 nitrogen and oxygen atoms in total. The van der Waals surface area contributed by atoms with E-state index in [-0.39, 0.29) is 11.8 Å². The second-order valence-electron chi connectivity index (χ2n) is 7.30. The van der Waals surface area contributed by atoms with Crippen molar-refractivity contribution in [2.75, 3.05) is 57.4 Å². The number of carbonyl (C=O) groups excluding carboxylic acids is 2. The first-order valence-electron chi connectivity index (χ1n) is 9.60. The number of amides is 2. The maximum absolute atomic E-state index is 12.8. The number of anilines is 1. The molecule has 3 aliphatic rings. The average molecular weight is 374 g/mol. The number of piperidine rings is 1. The van der Waals surface area contributed by atoms with Crippen LogP contribution in [0.1, 0.15) is 30.1 Å². The first kappa shape index (κ1) is 18.2. The minimum atomic E-state index is -0.471. The quantitative estimate of drug-likeness (QED) is 0.760. The molecule has 3 aliphatic heterocycles. The lowest BCUT2D eigenvalue weighted by atomic mass is 10.0. The van der Waals surface area contributed by atoms with Gasteiger partial charge in [0.05, 0.1) is 18.8 Å². The van der Waals surface area contributed by atoms with Gasteiger partial charge in [-0.15, -0.1) is 0 Å². The average Bonchev–Trinajstić information content (AvgIpc) is 3.16. The van der Waals surface area contributed by atoms with Crippen molar-refractivity contribution in [2.45, 2.75) is 25.6 Å². The van der Waals surface area contributed by atoms with E-state index in [0.29, 0.717) is 57.8 Å². The second-order valence-corrected chi connectivity index (χ2v) is 7.30. The van der Waals surface area contributed by atoms with Gasteiger partial charge in [0.15, 0.2) is 5.79 Å². The molecule has 8 heteroatoms. The summed E-state index contributed by atoms with van der Waals surface area (Å²) in [7, 11) is 0. The molecule has 3 fully saturated rings. The molecule has 1 aromatic rings. The SMILES string of the molecule is CC(=O)N1CCN(c2ccc(C(=O)N3CCC4(CC3)OCCO4)cn2)CC1. The summed E-state index contributed by atoms with van der Waals surface area (Å²) in [5.74, 6) is 0.490. The zero-order valence-electron chi connectivity index (χ0n) is 15.7. The predicted octanol–water partition coefficient (Wildman–Crippen LogP) is 0.729. The maximum atomic E-state index is 12.8. The van der Waals surface area contributed by atoms with E-state index in [4.69, 9.17) is 9.47 Å².